The molecule has 0 amide bonds. The van der Waals surface area contributed by atoms with Gasteiger partial charge in [0.05, 0.1) is 0 Å². The Kier molecular flexibility index (Phi) is 2.41. The SMILES string of the molecule is C1=C(N2CCSCC2)CCC1. The van der Waals surface area contributed by atoms with Gasteiger partial charge in [0.2, 0.25) is 0 Å². The molecule has 1 nitrogen and oxygen atoms in total. The van der Waals surface area contributed by atoms with Crippen LogP contribution in [0.3, 0.4) is 0 Å². The van der Waals surface area contributed by atoms with Crippen LogP contribution >= 0.6 is 11.8 Å². The minimum absolute atomic E-state index is 1.29. The van der Waals surface area contributed by atoms with E-state index in [1.807, 2.05) is 0 Å². The lowest BCUT2D eigenvalue weighted by Crippen LogP contribution is -2.31. The van der Waals surface area contributed by atoms with Crippen molar-refractivity contribution in [3.8, 4) is 0 Å². The highest BCUT2D eigenvalue weighted by molar-refractivity contribution is 7.99. The molecule has 0 spiro atoms. The third-order valence-electron chi connectivity index (χ3n) is 2.43. The van der Waals surface area contributed by atoms with Crippen molar-refractivity contribution in [2.75, 3.05) is 24.6 Å². The summed E-state index contributed by atoms with van der Waals surface area (Å²) in [5, 5.41) is 0. The van der Waals surface area contributed by atoms with Crippen LogP contribution in [0.1, 0.15) is 19.3 Å². The van der Waals surface area contributed by atoms with Crippen LogP contribution in [0.25, 0.3) is 0 Å². The van der Waals surface area contributed by atoms with Gasteiger partial charge in [-0.1, -0.05) is 6.08 Å². The van der Waals surface area contributed by atoms with Gasteiger partial charge >= 0.3 is 0 Å². The summed E-state index contributed by atoms with van der Waals surface area (Å²) in [6.45, 7) is 2.58. The molecule has 1 aliphatic carbocycles. The first-order chi connectivity index (χ1) is 5.47. The second kappa shape index (κ2) is 3.53. The van der Waals surface area contributed by atoms with Crippen molar-refractivity contribution in [2.24, 2.45) is 0 Å². The highest BCUT2D eigenvalue weighted by Gasteiger charge is 2.15. The molecule has 0 N–H and O–H groups in total. The fourth-order valence-corrected chi connectivity index (χ4v) is 2.69. The van der Waals surface area contributed by atoms with E-state index >= 15 is 0 Å². The van der Waals surface area contributed by atoms with Gasteiger partial charge in [-0.2, -0.15) is 11.8 Å². The predicted octanol–water partition coefficient (Wildman–Crippen LogP) is 2.10. The number of hydrogen-bond donors (Lipinski definition) is 0. The van der Waals surface area contributed by atoms with Crippen molar-refractivity contribution in [1.82, 2.24) is 4.90 Å². The second-order valence-electron chi connectivity index (χ2n) is 3.19. The van der Waals surface area contributed by atoms with Gasteiger partial charge in [0.25, 0.3) is 0 Å². The van der Waals surface area contributed by atoms with Gasteiger partial charge in [0, 0.05) is 30.3 Å². The maximum Gasteiger partial charge on any atom is 0.0266 e. The van der Waals surface area contributed by atoms with Crippen molar-refractivity contribution in [3.63, 3.8) is 0 Å². The number of allylic oxidation sites excluding steroid dienone is 2. The number of rotatable bonds is 1. The first kappa shape index (κ1) is 7.53. The lowest BCUT2D eigenvalue weighted by Gasteiger charge is -2.29. The molecule has 2 rings (SSSR count). The van der Waals surface area contributed by atoms with Gasteiger partial charge in [-0.25, -0.2) is 0 Å². The van der Waals surface area contributed by atoms with Crippen molar-refractivity contribution < 1.29 is 0 Å². The van der Waals surface area contributed by atoms with E-state index in [0.717, 1.165) is 0 Å². The molecule has 1 saturated heterocycles. The van der Waals surface area contributed by atoms with Crippen LogP contribution < -0.4 is 0 Å². The average molecular weight is 169 g/mol. The van der Waals surface area contributed by atoms with E-state index in [1.165, 1.54) is 43.9 Å². The molecule has 1 aliphatic heterocycles. The molecule has 0 aromatic rings. The largest absolute Gasteiger partial charge is 0.373 e. The summed E-state index contributed by atoms with van der Waals surface area (Å²) in [7, 11) is 0. The molecule has 0 radical (unpaired) electrons. The Bertz CT molecular complexity index is 159. The van der Waals surface area contributed by atoms with Crippen molar-refractivity contribution in [1.29, 1.82) is 0 Å². The normalized spacial score (nSPS) is 25.5. The summed E-state index contributed by atoms with van der Waals surface area (Å²) in [6, 6.07) is 0. The van der Waals surface area contributed by atoms with Crippen LogP contribution in [-0.2, 0) is 0 Å². The molecule has 0 bridgehead atoms. The molecule has 0 aromatic heterocycles. The molecule has 1 heterocycles. The van der Waals surface area contributed by atoms with Gasteiger partial charge in [-0.15, -0.1) is 0 Å². The van der Waals surface area contributed by atoms with Crippen molar-refractivity contribution in [3.05, 3.63) is 11.8 Å². The van der Waals surface area contributed by atoms with Crippen LogP contribution in [-0.4, -0.2) is 29.5 Å². The Balaban J connectivity index is 1.92. The summed E-state index contributed by atoms with van der Waals surface area (Å²) in [5.41, 5.74) is 1.63. The molecule has 2 heteroatoms. The Morgan fingerprint density at radius 3 is 2.73 bits per heavy atom. The van der Waals surface area contributed by atoms with E-state index in [4.69, 9.17) is 0 Å². The topological polar surface area (TPSA) is 3.24 Å². The molecule has 2 aliphatic rings. The van der Waals surface area contributed by atoms with E-state index in [-0.39, 0.29) is 0 Å². The number of thioether (sulfide) groups is 1. The van der Waals surface area contributed by atoms with E-state index in [0.29, 0.717) is 0 Å². The lowest BCUT2D eigenvalue weighted by molar-refractivity contribution is 0.371. The van der Waals surface area contributed by atoms with Crippen LogP contribution in [0.5, 0.6) is 0 Å². The third-order valence-corrected chi connectivity index (χ3v) is 3.38. The Morgan fingerprint density at radius 2 is 2.09 bits per heavy atom. The summed E-state index contributed by atoms with van der Waals surface area (Å²) in [5.74, 6) is 2.66. The predicted molar refractivity (Wildman–Crippen MR) is 50.8 cm³/mol. The quantitative estimate of drug-likeness (QED) is 0.591. The second-order valence-corrected chi connectivity index (χ2v) is 4.41. The first-order valence-corrected chi connectivity index (χ1v) is 5.64. The number of nitrogens with zero attached hydrogens (tertiary/aromatic N) is 1. The summed E-state index contributed by atoms with van der Waals surface area (Å²) in [4.78, 5) is 2.57. The fraction of sp³-hybridized carbons (Fsp3) is 0.778. The summed E-state index contributed by atoms with van der Waals surface area (Å²) in [6.07, 6.45) is 6.47. The minimum atomic E-state index is 1.29. The van der Waals surface area contributed by atoms with Crippen molar-refractivity contribution in [2.45, 2.75) is 19.3 Å². The highest BCUT2D eigenvalue weighted by atomic mass is 32.2. The molecule has 0 aromatic carbocycles. The summed E-state index contributed by atoms with van der Waals surface area (Å²) < 4.78 is 0. The minimum Gasteiger partial charge on any atom is -0.373 e. The maximum absolute atomic E-state index is 2.57. The fourth-order valence-electron chi connectivity index (χ4n) is 1.79. The average Bonchev–Trinajstić information content (AvgIpc) is 2.58. The van der Waals surface area contributed by atoms with Gasteiger partial charge < -0.3 is 4.90 Å². The van der Waals surface area contributed by atoms with Crippen LogP contribution in [0.15, 0.2) is 11.8 Å². The van der Waals surface area contributed by atoms with E-state index in [1.54, 1.807) is 5.70 Å². The molecule has 0 atom stereocenters. The zero-order chi connectivity index (χ0) is 7.52. The molecule has 11 heavy (non-hydrogen) atoms. The Hall–Kier alpha value is -0.110. The number of hydrogen-bond acceptors (Lipinski definition) is 2. The summed E-state index contributed by atoms with van der Waals surface area (Å²) >= 11 is 2.09. The van der Waals surface area contributed by atoms with Crippen LogP contribution in [0.2, 0.25) is 0 Å². The molecule has 0 unspecified atom stereocenters. The van der Waals surface area contributed by atoms with Gasteiger partial charge in [-0.3, -0.25) is 0 Å². The van der Waals surface area contributed by atoms with Crippen LogP contribution in [0.4, 0.5) is 0 Å². The first-order valence-electron chi connectivity index (χ1n) is 4.48. The molecular weight excluding hydrogens is 154 g/mol. The molecule has 0 saturated carbocycles. The lowest BCUT2D eigenvalue weighted by atomic mass is 10.3. The Labute approximate surface area is 72.8 Å². The van der Waals surface area contributed by atoms with Gasteiger partial charge in [0.15, 0.2) is 0 Å². The van der Waals surface area contributed by atoms with Crippen molar-refractivity contribution >= 4 is 11.8 Å². The third kappa shape index (κ3) is 1.73. The molecule has 62 valence electrons. The zero-order valence-electron chi connectivity index (χ0n) is 6.88. The molecular formula is C9H15NS. The van der Waals surface area contributed by atoms with E-state index < -0.39 is 0 Å². The highest BCUT2D eigenvalue weighted by Crippen LogP contribution is 2.23. The Morgan fingerprint density at radius 1 is 1.27 bits per heavy atom. The van der Waals surface area contributed by atoms with Gasteiger partial charge in [-0.05, 0) is 19.3 Å². The monoisotopic (exact) mass is 169 g/mol. The zero-order valence-corrected chi connectivity index (χ0v) is 7.70. The van der Waals surface area contributed by atoms with E-state index in [2.05, 4.69) is 22.7 Å². The van der Waals surface area contributed by atoms with Gasteiger partial charge in [0.1, 0.15) is 0 Å². The smallest absolute Gasteiger partial charge is 0.0266 e. The molecule has 1 fully saturated rings. The maximum atomic E-state index is 2.57. The standard InChI is InChI=1S/C9H15NS/c1-2-4-9(3-1)10-5-7-11-8-6-10/h3H,1-2,4-8H2. The van der Waals surface area contributed by atoms with E-state index in [9.17, 15) is 0 Å². The van der Waals surface area contributed by atoms with Crippen LogP contribution in [0, 0.1) is 0 Å².